The molecule has 7 heteroatoms. The van der Waals surface area contributed by atoms with E-state index in [4.69, 9.17) is 9.47 Å². The first kappa shape index (κ1) is 17.9. The summed E-state index contributed by atoms with van der Waals surface area (Å²) >= 11 is 0. The Morgan fingerprint density at radius 2 is 1.85 bits per heavy atom. The summed E-state index contributed by atoms with van der Waals surface area (Å²) in [6.45, 7) is 6.86. The average molecular weight is 368 g/mol. The summed E-state index contributed by atoms with van der Waals surface area (Å²) in [7, 11) is 0. The Labute approximate surface area is 158 Å². The third kappa shape index (κ3) is 3.79. The Morgan fingerprint density at radius 1 is 1.11 bits per heavy atom. The van der Waals surface area contributed by atoms with Crippen LogP contribution in [0.15, 0.2) is 30.5 Å². The highest BCUT2D eigenvalue weighted by atomic mass is 16.7. The van der Waals surface area contributed by atoms with Gasteiger partial charge in [-0.1, -0.05) is 6.07 Å². The van der Waals surface area contributed by atoms with Gasteiger partial charge in [-0.05, 0) is 43.2 Å². The van der Waals surface area contributed by atoms with Crippen molar-refractivity contribution < 1.29 is 14.3 Å². The van der Waals surface area contributed by atoms with Crippen molar-refractivity contribution in [2.45, 2.75) is 32.5 Å². The van der Waals surface area contributed by atoms with Gasteiger partial charge in [-0.3, -0.25) is 4.79 Å². The Hall–Kier alpha value is -2.51. The number of rotatable bonds is 3. The molecule has 7 nitrogen and oxygen atoms in total. The lowest BCUT2D eigenvalue weighted by atomic mass is 10.0. The quantitative estimate of drug-likeness (QED) is 0.898. The molecule has 1 aromatic heterocycles. The van der Waals surface area contributed by atoms with Crippen LogP contribution in [0.4, 0.5) is 11.6 Å². The molecule has 142 valence electrons. The number of amides is 1. The van der Waals surface area contributed by atoms with Crippen molar-refractivity contribution in [3.05, 3.63) is 47.3 Å². The third-order valence-electron chi connectivity index (χ3n) is 5.26. The first-order valence-electron chi connectivity index (χ1n) is 9.29. The van der Waals surface area contributed by atoms with Crippen molar-refractivity contribution in [3.8, 4) is 0 Å². The topological polar surface area (TPSA) is 76.6 Å². The maximum atomic E-state index is 12.6. The molecular weight excluding hydrogens is 344 g/mol. The zero-order valence-corrected chi connectivity index (χ0v) is 15.7. The summed E-state index contributed by atoms with van der Waals surface area (Å²) in [6, 6.07) is 7.48. The van der Waals surface area contributed by atoms with Gasteiger partial charge in [-0.15, -0.1) is 0 Å². The highest BCUT2D eigenvalue weighted by molar-refractivity contribution is 6.03. The molecule has 0 bridgehead atoms. The molecule has 1 N–H and O–H groups in total. The van der Waals surface area contributed by atoms with Crippen LogP contribution in [0.25, 0.3) is 0 Å². The van der Waals surface area contributed by atoms with E-state index in [-0.39, 0.29) is 5.91 Å². The van der Waals surface area contributed by atoms with Crippen LogP contribution in [0.1, 0.15) is 34.5 Å². The largest absolute Gasteiger partial charge is 0.347 e. The van der Waals surface area contributed by atoms with Crippen LogP contribution < -0.4 is 10.2 Å². The lowest BCUT2D eigenvalue weighted by molar-refractivity contribution is -0.169. The minimum absolute atomic E-state index is 0.238. The predicted molar refractivity (Wildman–Crippen MR) is 102 cm³/mol. The Balaban J connectivity index is 1.44. The van der Waals surface area contributed by atoms with Crippen molar-refractivity contribution >= 4 is 17.5 Å². The van der Waals surface area contributed by atoms with E-state index >= 15 is 0 Å². The van der Waals surface area contributed by atoms with Crippen molar-refractivity contribution in [3.63, 3.8) is 0 Å². The van der Waals surface area contributed by atoms with Gasteiger partial charge in [0.2, 0.25) is 5.95 Å². The molecule has 3 heterocycles. The molecule has 1 amide bonds. The van der Waals surface area contributed by atoms with E-state index in [0.29, 0.717) is 24.9 Å². The summed E-state index contributed by atoms with van der Waals surface area (Å²) in [5.41, 5.74) is 3.44. The molecule has 4 rings (SSSR count). The highest BCUT2D eigenvalue weighted by Crippen LogP contribution is 2.32. The van der Waals surface area contributed by atoms with E-state index in [9.17, 15) is 4.79 Å². The van der Waals surface area contributed by atoms with E-state index in [0.717, 1.165) is 37.2 Å². The number of aryl methyl sites for hydroxylation is 2. The number of carbonyl (C=O) groups is 1. The van der Waals surface area contributed by atoms with Crippen molar-refractivity contribution in [1.82, 2.24) is 9.97 Å². The molecule has 0 aliphatic carbocycles. The number of nitrogens with zero attached hydrogens (tertiary/aromatic N) is 3. The van der Waals surface area contributed by atoms with Crippen LogP contribution in [-0.2, 0) is 9.47 Å². The molecule has 0 atom stereocenters. The van der Waals surface area contributed by atoms with Gasteiger partial charge in [0.25, 0.3) is 5.91 Å². The van der Waals surface area contributed by atoms with Gasteiger partial charge in [0.05, 0.1) is 13.2 Å². The predicted octanol–water partition coefficient (Wildman–Crippen LogP) is 2.69. The van der Waals surface area contributed by atoms with Crippen molar-refractivity contribution in [1.29, 1.82) is 0 Å². The van der Waals surface area contributed by atoms with Gasteiger partial charge in [0, 0.05) is 37.8 Å². The van der Waals surface area contributed by atoms with Gasteiger partial charge in [0.15, 0.2) is 5.79 Å². The van der Waals surface area contributed by atoms with Gasteiger partial charge in [0.1, 0.15) is 5.69 Å². The van der Waals surface area contributed by atoms with Crippen LogP contribution in [-0.4, -0.2) is 48.0 Å². The van der Waals surface area contributed by atoms with Crippen LogP contribution in [0, 0.1) is 13.8 Å². The molecule has 2 aliphatic heterocycles. The second-order valence-electron chi connectivity index (χ2n) is 7.09. The van der Waals surface area contributed by atoms with Crippen molar-refractivity contribution in [2.75, 3.05) is 36.5 Å². The maximum absolute atomic E-state index is 12.6. The smallest absolute Gasteiger partial charge is 0.274 e. The molecule has 27 heavy (non-hydrogen) atoms. The fourth-order valence-electron chi connectivity index (χ4n) is 3.47. The summed E-state index contributed by atoms with van der Waals surface area (Å²) in [5, 5.41) is 2.91. The summed E-state index contributed by atoms with van der Waals surface area (Å²) < 4.78 is 11.5. The lowest BCUT2D eigenvalue weighted by Gasteiger charge is -2.37. The van der Waals surface area contributed by atoms with E-state index in [1.165, 1.54) is 5.56 Å². The number of aromatic nitrogens is 2. The van der Waals surface area contributed by atoms with Crippen LogP contribution in [0.2, 0.25) is 0 Å². The number of ether oxygens (including phenoxy) is 2. The molecule has 0 saturated carbocycles. The van der Waals surface area contributed by atoms with Gasteiger partial charge >= 0.3 is 0 Å². The van der Waals surface area contributed by atoms with Crippen LogP contribution >= 0.6 is 0 Å². The second-order valence-corrected chi connectivity index (χ2v) is 7.09. The van der Waals surface area contributed by atoms with E-state index in [1.807, 2.05) is 32.0 Å². The summed E-state index contributed by atoms with van der Waals surface area (Å²) in [4.78, 5) is 23.5. The number of piperidine rings is 1. The monoisotopic (exact) mass is 368 g/mol. The molecule has 2 fully saturated rings. The van der Waals surface area contributed by atoms with Crippen LogP contribution in [0.3, 0.4) is 0 Å². The summed E-state index contributed by atoms with van der Waals surface area (Å²) in [5.74, 6) is -0.108. The minimum atomic E-state index is -0.436. The molecule has 0 radical (unpaired) electrons. The number of carbonyl (C=O) groups excluding carboxylic acids is 1. The fraction of sp³-hybridized carbons (Fsp3) is 0.450. The molecule has 1 spiro atoms. The van der Waals surface area contributed by atoms with E-state index in [2.05, 4.69) is 20.2 Å². The van der Waals surface area contributed by atoms with Gasteiger partial charge < -0.3 is 19.7 Å². The first-order valence-corrected chi connectivity index (χ1v) is 9.29. The molecule has 1 aromatic carbocycles. The number of hydrogen-bond donors (Lipinski definition) is 1. The standard InChI is InChI=1S/C20H24N4O3/c1-14-3-4-16(13-15(14)2)22-18(25)17-5-8-21-19(23-17)24-9-6-20(7-10-24)26-11-12-27-20/h3-5,8,13H,6-7,9-12H2,1-2H3,(H,22,25). The second kappa shape index (κ2) is 7.25. The Bertz CT molecular complexity index is 839. The normalized spacial score (nSPS) is 18.7. The van der Waals surface area contributed by atoms with E-state index in [1.54, 1.807) is 12.3 Å². The molecular formula is C20H24N4O3. The number of nitrogens with one attached hydrogen (secondary N) is 1. The zero-order chi connectivity index (χ0) is 18.9. The van der Waals surface area contributed by atoms with Crippen LogP contribution in [0.5, 0.6) is 0 Å². The number of benzene rings is 1. The zero-order valence-electron chi connectivity index (χ0n) is 15.7. The Morgan fingerprint density at radius 3 is 2.56 bits per heavy atom. The Kier molecular flexibility index (Phi) is 4.80. The van der Waals surface area contributed by atoms with Crippen molar-refractivity contribution in [2.24, 2.45) is 0 Å². The molecule has 2 aromatic rings. The number of anilines is 2. The SMILES string of the molecule is Cc1ccc(NC(=O)c2ccnc(N3CCC4(CC3)OCCO4)n2)cc1C. The molecule has 0 unspecified atom stereocenters. The van der Waals surface area contributed by atoms with Gasteiger partial charge in [-0.25, -0.2) is 9.97 Å². The lowest BCUT2D eigenvalue weighted by Crippen LogP contribution is -2.45. The minimum Gasteiger partial charge on any atom is -0.347 e. The third-order valence-corrected chi connectivity index (χ3v) is 5.26. The van der Waals surface area contributed by atoms with E-state index < -0.39 is 5.79 Å². The molecule has 2 saturated heterocycles. The fourth-order valence-corrected chi connectivity index (χ4v) is 3.47. The number of hydrogen-bond acceptors (Lipinski definition) is 6. The first-order chi connectivity index (χ1) is 13.0. The maximum Gasteiger partial charge on any atom is 0.274 e. The summed E-state index contributed by atoms with van der Waals surface area (Å²) in [6.07, 6.45) is 3.18. The van der Waals surface area contributed by atoms with Gasteiger partial charge in [-0.2, -0.15) is 0 Å². The molecule has 2 aliphatic rings. The average Bonchev–Trinajstić information content (AvgIpc) is 3.13. The highest BCUT2D eigenvalue weighted by Gasteiger charge is 2.40.